The number of rotatable bonds is 11. The van der Waals surface area contributed by atoms with Crippen molar-refractivity contribution in [3.8, 4) is 12.3 Å². The minimum Gasteiger partial charge on any atom is -0.377 e. The summed E-state index contributed by atoms with van der Waals surface area (Å²) in [5.41, 5.74) is 0.682. The molecule has 5 heteroatoms. The Morgan fingerprint density at radius 2 is 1.39 bits per heavy atom. The van der Waals surface area contributed by atoms with Crippen LogP contribution in [0.1, 0.15) is 10.4 Å². The molecular weight excluding hydrogens is 390 g/mol. The summed E-state index contributed by atoms with van der Waals surface area (Å²) in [5.74, 6) is 2.31. The second-order valence-corrected chi connectivity index (χ2v) is 7.21. The van der Waals surface area contributed by atoms with E-state index in [4.69, 9.17) is 20.6 Å². The lowest BCUT2D eigenvalue weighted by atomic mass is 9.92. The van der Waals surface area contributed by atoms with Gasteiger partial charge in [0.25, 0.3) is 5.91 Å². The van der Waals surface area contributed by atoms with Crippen molar-refractivity contribution in [1.29, 1.82) is 0 Å². The highest BCUT2D eigenvalue weighted by molar-refractivity contribution is 6.26. The van der Waals surface area contributed by atoms with Crippen LogP contribution in [0.25, 0.3) is 32.3 Å². The fraction of sp³-hybridized carbons (Fsp3) is 0.269. The van der Waals surface area contributed by atoms with Crippen LogP contribution in [0.2, 0.25) is 0 Å². The third-order valence-corrected chi connectivity index (χ3v) is 5.23. The lowest BCUT2D eigenvalue weighted by Gasteiger charge is -2.14. The van der Waals surface area contributed by atoms with Crippen molar-refractivity contribution in [3.63, 3.8) is 0 Å². The molecule has 0 saturated heterocycles. The van der Waals surface area contributed by atoms with E-state index in [0.29, 0.717) is 51.7 Å². The molecule has 0 atom stereocenters. The molecule has 0 radical (unpaired) electrons. The van der Waals surface area contributed by atoms with E-state index < -0.39 is 0 Å². The van der Waals surface area contributed by atoms with Crippen LogP contribution >= 0.6 is 0 Å². The Kier molecular flexibility index (Phi) is 6.96. The normalized spacial score (nSPS) is 11.3. The quantitative estimate of drug-likeness (QED) is 0.229. The molecule has 4 aromatic rings. The van der Waals surface area contributed by atoms with E-state index in [0.717, 1.165) is 16.2 Å². The highest BCUT2D eigenvalue weighted by atomic mass is 16.5. The number of carbonyl (C=O) groups excluding carboxylic acids is 1. The average molecular weight is 415 g/mol. The molecule has 4 aromatic carbocycles. The van der Waals surface area contributed by atoms with Gasteiger partial charge in [0, 0.05) is 12.1 Å². The first kappa shape index (κ1) is 21.1. The van der Waals surface area contributed by atoms with Gasteiger partial charge in [-0.25, -0.2) is 0 Å². The predicted molar refractivity (Wildman–Crippen MR) is 124 cm³/mol. The van der Waals surface area contributed by atoms with Gasteiger partial charge in [0.2, 0.25) is 0 Å². The second kappa shape index (κ2) is 10.2. The van der Waals surface area contributed by atoms with Crippen LogP contribution in [0.3, 0.4) is 0 Å². The zero-order valence-corrected chi connectivity index (χ0v) is 17.4. The molecule has 0 aromatic heterocycles. The number of amides is 1. The maximum absolute atomic E-state index is 12.8. The average Bonchev–Trinajstić information content (AvgIpc) is 2.80. The molecule has 0 saturated carbocycles. The van der Waals surface area contributed by atoms with Gasteiger partial charge >= 0.3 is 0 Å². The molecule has 5 nitrogen and oxygen atoms in total. The molecule has 0 aliphatic heterocycles. The molecule has 0 aliphatic rings. The molecule has 0 heterocycles. The molecule has 1 amide bonds. The highest BCUT2D eigenvalue weighted by Crippen LogP contribution is 2.35. The van der Waals surface area contributed by atoms with Crippen molar-refractivity contribution in [2.24, 2.45) is 0 Å². The Bertz CT molecular complexity index is 1200. The number of benzene rings is 4. The first-order valence-electron chi connectivity index (χ1n) is 10.4. The molecule has 4 rings (SSSR count). The van der Waals surface area contributed by atoms with Gasteiger partial charge in [-0.3, -0.25) is 4.79 Å². The Balaban J connectivity index is 1.31. The summed E-state index contributed by atoms with van der Waals surface area (Å²) in [6.07, 6.45) is 5.09. The van der Waals surface area contributed by atoms with Crippen molar-refractivity contribution in [3.05, 3.63) is 60.2 Å². The molecule has 0 unspecified atom stereocenters. The van der Waals surface area contributed by atoms with Crippen molar-refractivity contribution < 1.29 is 19.0 Å². The summed E-state index contributed by atoms with van der Waals surface area (Å²) in [6.45, 7) is 3.05. The SMILES string of the molecule is C#CCOCCOCCOCCNC(=O)c1ccc2ccc3cccc4ccc1c2c34. The maximum atomic E-state index is 12.8. The van der Waals surface area contributed by atoms with Crippen molar-refractivity contribution in [2.75, 3.05) is 46.2 Å². The van der Waals surface area contributed by atoms with Gasteiger partial charge in [0.05, 0.1) is 33.0 Å². The third kappa shape index (κ3) is 4.78. The molecular formula is C26H25NO4. The van der Waals surface area contributed by atoms with Crippen LogP contribution in [-0.2, 0) is 14.2 Å². The Morgan fingerprint density at radius 1 is 0.774 bits per heavy atom. The molecule has 0 fully saturated rings. The zero-order valence-electron chi connectivity index (χ0n) is 17.4. The Labute approximate surface area is 181 Å². The number of ether oxygens (including phenoxy) is 3. The summed E-state index contributed by atoms with van der Waals surface area (Å²) in [5, 5.41) is 9.79. The molecule has 158 valence electrons. The monoisotopic (exact) mass is 415 g/mol. The highest BCUT2D eigenvalue weighted by Gasteiger charge is 2.14. The van der Waals surface area contributed by atoms with Gasteiger partial charge in [0.1, 0.15) is 6.61 Å². The number of carbonyl (C=O) groups is 1. The largest absolute Gasteiger partial charge is 0.377 e. The number of terminal acetylenes is 1. The van der Waals surface area contributed by atoms with Crippen LogP contribution < -0.4 is 5.32 Å². The molecule has 0 bridgehead atoms. The van der Waals surface area contributed by atoms with Crippen molar-refractivity contribution in [2.45, 2.75) is 0 Å². The van der Waals surface area contributed by atoms with Gasteiger partial charge in [-0.1, -0.05) is 54.5 Å². The number of nitrogens with one attached hydrogen (secondary N) is 1. The van der Waals surface area contributed by atoms with Crippen LogP contribution in [0, 0.1) is 12.3 Å². The summed E-state index contributed by atoms with van der Waals surface area (Å²) in [7, 11) is 0. The lowest BCUT2D eigenvalue weighted by molar-refractivity contribution is 0.0209. The minimum absolute atomic E-state index is 0.0940. The smallest absolute Gasteiger partial charge is 0.251 e. The van der Waals surface area contributed by atoms with Gasteiger partial charge in [-0.05, 0) is 38.4 Å². The fourth-order valence-corrected chi connectivity index (χ4v) is 3.84. The fourth-order valence-electron chi connectivity index (χ4n) is 3.84. The van der Waals surface area contributed by atoms with E-state index in [2.05, 4.69) is 47.6 Å². The van der Waals surface area contributed by atoms with E-state index in [1.54, 1.807) is 0 Å². The Hall–Kier alpha value is -3.17. The van der Waals surface area contributed by atoms with Gasteiger partial charge in [-0.2, -0.15) is 0 Å². The number of hydrogen-bond donors (Lipinski definition) is 1. The summed E-state index contributed by atoms with van der Waals surface area (Å²) < 4.78 is 16.0. The molecule has 31 heavy (non-hydrogen) atoms. The number of hydrogen-bond acceptors (Lipinski definition) is 4. The zero-order chi connectivity index (χ0) is 21.5. The van der Waals surface area contributed by atoms with Crippen molar-refractivity contribution in [1.82, 2.24) is 5.32 Å². The van der Waals surface area contributed by atoms with Crippen LogP contribution in [0.15, 0.2) is 54.6 Å². The van der Waals surface area contributed by atoms with Gasteiger partial charge in [-0.15, -0.1) is 6.42 Å². The topological polar surface area (TPSA) is 56.8 Å². The van der Waals surface area contributed by atoms with Gasteiger partial charge in [0.15, 0.2) is 0 Å². The predicted octanol–water partition coefficient (Wildman–Crippen LogP) is 4.00. The van der Waals surface area contributed by atoms with Crippen LogP contribution in [0.4, 0.5) is 0 Å². The minimum atomic E-state index is -0.0940. The Morgan fingerprint density at radius 3 is 2.13 bits per heavy atom. The summed E-state index contributed by atoms with van der Waals surface area (Å²) >= 11 is 0. The van der Waals surface area contributed by atoms with E-state index >= 15 is 0 Å². The standard InChI is InChI=1S/C26H25NO4/c1-2-13-29-15-17-31-18-16-30-14-12-27-26(28)23-11-9-21-7-6-19-4-3-5-20-8-10-22(23)25(21)24(19)20/h1,3-11H,12-18H2,(H,27,28). The van der Waals surface area contributed by atoms with E-state index in [1.807, 2.05) is 18.2 Å². The van der Waals surface area contributed by atoms with Crippen LogP contribution in [0.5, 0.6) is 0 Å². The maximum Gasteiger partial charge on any atom is 0.251 e. The van der Waals surface area contributed by atoms with E-state index in [1.165, 1.54) is 16.2 Å². The van der Waals surface area contributed by atoms with Crippen molar-refractivity contribution >= 4 is 38.2 Å². The third-order valence-electron chi connectivity index (χ3n) is 5.23. The molecule has 0 spiro atoms. The summed E-state index contributed by atoms with van der Waals surface area (Å²) in [4.78, 5) is 12.8. The van der Waals surface area contributed by atoms with Gasteiger partial charge < -0.3 is 19.5 Å². The lowest BCUT2D eigenvalue weighted by Crippen LogP contribution is -2.27. The second-order valence-electron chi connectivity index (χ2n) is 7.21. The first-order chi connectivity index (χ1) is 15.3. The van der Waals surface area contributed by atoms with E-state index in [-0.39, 0.29) is 5.91 Å². The molecule has 0 aliphatic carbocycles. The van der Waals surface area contributed by atoms with E-state index in [9.17, 15) is 4.79 Å². The first-order valence-corrected chi connectivity index (χ1v) is 10.4. The molecule has 1 N–H and O–H groups in total. The van der Waals surface area contributed by atoms with Crippen LogP contribution in [-0.4, -0.2) is 52.1 Å². The summed E-state index contributed by atoms with van der Waals surface area (Å²) in [6, 6.07) is 18.6.